The van der Waals surface area contributed by atoms with E-state index < -0.39 is 11.9 Å². The van der Waals surface area contributed by atoms with Crippen molar-refractivity contribution < 1.29 is 18.7 Å². The molecule has 0 heterocycles. The van der Waals surface area contributed by atoms with E-state index in [0.717, 1.165) is 34.8 Å². The lowest BCUT2D eigenvalue weighted by Gasteiger charge is -2.32. The summed E-state index contributed by atoms with van der Waals surface area (Å²) < 4.78 is 21.5. The topological polar surface area (TPSA) is 58.6 Å². The Hall–Kier alpha value is -2.94. The summed E-state index contributed by atoms with van der Waals surface area (Å²) in [7, 11) is 0. The van der Waals surface area contributed by atoms with Gasteiger partial charge in [-0.1, -0.05) is 61.4 Å². The molecule has 1 fully saturated rings. The van der Waals surface area contributed by atoms with Gasteiger partial charge >= 0.3 is 0 Å². The summed E-state index contributed by atoms with van der Waals surface area (Å²) in [4.78, 5) is 28.6. The van der Waals surface area contributed by atoms with Crippen LogP contribution in [0.3, 0.4) is 0 Å². The molecule has 0 radical (unpaired) electrons. The fourth-order valence-corrected chi connectivity index (χ4v) is 4.85. The van der Waals surface area contributed by atoms with Crippen LogP contribution in [0.5, 0.6) is 5.75 Å². The number of carbonyl (C=O) groups excluding carboxylic acids is 2. The Bertz CT molecular complexity index is 1150. The van der Waals surface area contributed by atoms with E-state index in [0.29, 0.717) is 17.7 Å². The molecule has 0 unspecified atom stereocenters. The highest BCUT2D eigenvalue weighted by atomic mass is 127. The van der Waals surface area contributed by atoms with Gasteiger partial charge in [0, 0.05) is 28.1 Å². The molecule has 3 aromatic rings. The summed E-state index contributed by atoms with van der Waals surface area (Å²) in [6, 6.07) is 22.6. The first kappa shape index (κ1) is 26.1. The zero-order valence-corrected chi connectivity index (χ0v) is 22.2. The van der Waals surface area contributed by atoms with E-state index in [-0.39, 0.29) is 31.0 Å². The van der Waals surface area contributed by atoms with Crippen molar-refractivity contribution >= 4 is 34.4 Å². The van der Waals surface area contributed by atoms with Crippen LogP contribution in [0.2, 0.25) is 0 Å². The third-order valence-corrected chi connectivity index (χ3v) is 7.17. The molecule has 3 aromatic carbocycles. The van der Waals surface area contributed by atoms with Crippen LogP contribution in [0, 0.1) is 9.39 Å². The average molecular weight is 600 g/mol. The van der Waals surface area contributed by atoms with Gasteiger partial charge < -0.3 is 15.0 Å². The highest BCUT2D eigenvalue weighted by Gasteiger charge is 2.32. The molecule has 5 nitrogen and oxygen atoms in total. The second kappa shape index (κ2) is 12.9. The van der Waals surface area contributed by atoms with Crippen LogP contribution in [0.4, 0.5) is 4.39 Å². The highest BCUT2D eigenvalue weighted by Crippen LogP contribution is 2.21. The second-order valence-corrected chi connectivity index (χ2v) is 10.3. The molecule has 1 N–H and O–H groups in total. The molecule has 4 rings (SSSR count). The predicted molar refractivity (Wildman–Crippen MR) is 146 cm³/mol. The smallest absolute Gasteiger partial charge is 0.261 e. The Morgan fingerprint density at radius 1 is 0.972 bits per heavy atom. The van der Waals surface area contributed by atoms with Crippen LogP contribution in [0.15, 0.2) is 78.9 Å². The van der Waals surface area contributed by atoms with Gasteiger partial charge in [-0.2, -0.15) is 0 Å². The van der Waals surface area contributed by atoms with Crippen LogP contribution in [-0.4, -0.2) is 35.4 Å². The van der Waals surface area contributed by atoms with Crippen molar-refractivity contribution in [3.63, 3.8) is 0 Å². The van der Waals surface area contributed by atoms with Gasteiger partial charge in [0.25, 0.3) is 5.91 Å². The van der Waals surface area contributed by atoms with Crippen molar-refractivity contribution in [3.8, 4) is 5.75 Å². The van der Waals surface area contributed by atoms with Crippen LogP contribution in [0.1, 0.15) is 36.8 Å². The van der Waals surface area contributed by atoms with Crippen molar-refractivity contribution in [2.24, 2.45) is 0 Å². The van der Waals surface area contributed by atoms with Gasteiger partial charge in [-0.3, -0.25) is 9.59 Å². The summed E-state index contributed by atoms with van der Waals surface area (Å²) in [6.07, 6.45) is 4.34. The Kier molecular flexibility index (Phi) is 9.33. The lowest BCUT2D eigenvalue weighted by molar-refractivity contribution is -0.143. The van der Waals surface area contributed by atoms with E-state index in [1.54, 1.807) is 30.3 Å². The normalized spacial score (nSPS) is 14.3. The molecular weight excluding hydrogens is 570 g/mol. The number of nitrogens with one attached hydrogen (secondary N) is 1. The fourth-order valence-electron chi connectivity index (χ4n) is 4.49. The monoisotopic (exact) mass is 600 g/mol. The van der Waals surface area contributed by atoms with Crippen molar-refractivity contribution in [1.29, 1.82) is 0 Å². The molecule has 0 bridgehead atoms. The third kappa shape index (κ3) is 7.29. The summed E-state index contributed by atoms with van der Waals surface area (Å²) in [5.74, 6) is -0.447. The van der Waals surface area contributed by atoms with Gasteiger partial charge in [0.1, 0.15) is 17.6 Å². The number of rotatable bonds is 10. The van der Waals surface area contributed by atoms with Gasteiger partial charge in [0.15, 0.2) is 6.61 Å². The number of benzene rings is 3. The maximum absolute atomic E-state index is 14.7. The Labute approximate surface area is 225 Å². The molecule has 0 aliphatic heterocycles. The van der Waals surface area contributed by atoms with E-state index >= 15 is 0 Å². The molecule has 2 amide bonds. The first-order chi connectivity index (χ1) is 17.5. The lowest BCUT2D eigenvalue weighted by Crippen LogP contribution is -2.53. The molecule has 7 heteroatoms. The van der Waals surface area contributed by atoms with Gasteiger partial charge in [-0.05, 0) is 71.3 Å². The summed E-state index contributed by atoms with van der Waals surface area (Å²) in [6.45, 7) is -0.284. The average Bonchev–Trinajstić information content (AvgIpc) is 3.40. The number of amides is 2. The highest BCUT2D eigenvalue weighted by molar-refractivity contribution is 14.1. The van der Waals surface area contributed by atoms with E-state index in [1.165, 1.54) is 11.0 Å². The van der Waals surface area contributed by atoms with Crippen LogP contribution >= 0.6 is 22.6 Å². The zero-order chi connectivity index (χ0) is 25.3. The summed E-state index contributed by atoms with van der Waals surface area (Å²) in [5.41, 5.74) is 1.28. The molecule has 188 valence electrons. The molecule has 0 aromatic heterocycles. The van der Waals surface area contributed by atoms with Gasteiger partial charge in [-0.15, -0.1) is 0 Å². The SMILES string of the molecule is O=C(NC1CCCC1)[C@H](Cc1ccccc1)N(Cc1ccccc1F)C(=O)COc1ccc(I)cc1. The quantitative estimate of drug-likeness (QED) is 0.313. The third-order valence-electron chi connectivity index (χ3n) is 6.45. The molecule has 0 saturated heterocycles. The maximum atomic E-state index is 14.7. The maximum Gasteiger partial charge on any atom is 0.261 e. The molecule has 1 aliphatic rings. The standard InChI is InChI=1S/C29H30FIN2O3/c30-26-13-7-4-10-22(26)19-33(28(34)20-36-25-16-14-23(31)15-17-25)27(18-21-8-2-1-3-9-21)29(35)32-24-11-5-6-12-24/h1-4,7-10,13-17,24,27H,5-6,11-12,18-20H2,(H,32,35)/t27-/m0/s1. The lowest BCUT2D eigenvalue weighted by atomic mass is 10.0. The minimum atomic E-state index is -0.805. The molecule has 36 heavy (non-hydrogen) atoms. The zero-order valence-electron chi connectivity index (χ0n) is 20.0. The Morgan fingerprint density at radius 3 is 2.33 bits per heavy atom. The number of hydrogen-bond donors (Lipinski definition) is 1. The van der Waals surface area contributed by atoms with Crippen molar-refractivity contribution in [3.05, 3.63) is 99.4 Å². The molecule has 1 atom stereocenters. The number of ether oxygens (including phenoxy) is 1. The van der Waals surface area contributed by atoms with Crippen molar-refractivity contribution in [2.75, 3.05) is 6.61 Å². The number of hydrogen-bond acceptors (Lipinski definition) is 3. The Balaban J connectivity index is 1.61. The van der Waals surface area contributed by atoms with Gasteiger partial charge in [0.2, 0.25) is 5.91 Å². The minimum Gasteiger partial charge on any atom is -0.484 e. The van der Waals surface area contributed by atoms with Crippen LogP contribution in [0.25, 0.3) is 0 Å². The van der Waals surface area contributed by atoms with E-state index in [1.807, 2.05) is 42.5 Å². The number of carbonyl (C=O) groups is 2. The summed E-state index contributed by atoms with van der Waals surface area (Å²) >= 11 is 2.20. The second-order valence-electron chi connectivity index (χ2n) is 9.05. The summed E-state index contributed by atoms with van der Waals surface area (Å²) in [5, 5.41) is 3.15. The van der Waals surface area contributed by atoms with Crippen LogP contribution in [-0.2, 0) is 22.6 Å². The van der Waals surface area contributed by atoms with Crippen molar-refractivity contribution in [1.82, 2.24) is 10.2 Å². The number of nitrogens with zero attached hydrogens (tertiary/aromatic N) is 1. The number of halogens is 2. The van der Waals surface area contributed by atoms with E-state index in [9.17, 15) is 14.0 Å². The molecule has 1 saturated carbocycles. The van der Waals surface area contributed by atoms with E-state index in [2.05, 4.69) is 27.9 Å². The largest absolute Gasteiger partial charge is 0.484 e. The fraction of sp³-hybridized carbons (Fsp3) is 0.310. The minimum absolute atomic E-state index is 0.0306. The van der Waals surface area contributed by atoms with Crippen molar-refractivity contribution in [2.45, 2.75) is 50.7 Å². The molecule has 0 spiro atoms. The van der Waals surface area contributed by atoms with Gasteiger partial charge in [-0.25, -0.2) is 4.39 Å². The molecule has 1 aliphatic carbocycles. The van der Waals surface area contributed by atoms with Gasteiger partial charge in [0.05, 0.1) is 0 Å². The van der Waals surface area contributed by atoms with E-state index in [4.69, 9.17) is 4.74 Å². The molecular formula is C29H30FIN2O3. The van der Waals surface area contributed by atoms with Crippen LogP contribution < -0.4 is 10.1 Å². The first-order valence-electron chi connectivity index (χ1n) is 12.2. The first-order valence-corrected chi connectivity index (χ1v) is 13.3. The Morgan fingerprint density at radius 2 is 1.64 bits per heavy atom. The predicted octanol–water partition coefficient (Wildman–Crippen LogP) is 5.51.